The molecule has 0 spiro atoms. The number of hydrogen-bond acceptors (Lipinski definition) is 2. The molecule has 0 saturated heterocycles. The fourth-order valence-corrected chi connectivity index (χ4v) is 2.99. The molecule has 0 aromatic carbocycles. The van der Waals surface area contributed by atoms with Gasteiger partial charge in [-0.2, -0.15) is 0 Å². The van der Waals surface area contributed by atoms with E-state index in [0.29, 0.717) is 0 Å². The van der Waals surface area contributed by atoms with Crippen molar-refractivity contribution < 1.29 is 18.9 Å². The average Bonchev–Trinajstić information content (AvgIpc) is 2.36. The van der Waals surface area contributed by atoms with Crippen molar-refractivity contribution in [3.8, 4) is 0 Å². The van der Waals surface area contributed by atoms with E-state index in [1.54, 1.807) is 0 Å². The summed E-state index contributed by atoms with van der Waals surface area (Å²) < 4.78 is 15.9. The zero-order chi connectivity index (χ0) is 15.3. The number of rotatable bonds is 14. The van der Waals surface area contributed by atoms with Crippen molar-refractivity contribution in [3.05, 3.63) is 0 Å². The van der Waals surface area contributed by atoms with Crippen LogP contribution >= 0.6 is 7.82 Å². The van der Waals surface area contributed by atoms with Crippen molar-refractivity contribution in [3.63, 3.8) is 0 Å². The van der Waals surface area contributed by atoms with Crippen molar-refractivity contribution in [1.82, 2.24) is 0 Å². The number of hydrogen-bond donors (Lipinski definition) is 2. The SMILES string of the molecule is CCCCCCCC(CCCCCCC)OP(=O)(O)O.[NaH]. The molecule has 0 bridgehead atoms. The van der Waals surface area contributed by atoms with E-state index in [2.05, 4.69) is 13.8 Å². The molecule has 21 heavy (non-hydrogen) atoms. The van der Waals surface area contributed by atoms with E-state index in [4.69, 9.17) is 14.3 Å². The Bertz CT molecular complexity index is 244. The normalized spacial score (nSPS) is 11.7. The average molecular weight is 332 g/mol. The van der Waals surface area contributed by atoms with Gasteiger partial charge < -0.3 is 9.79 Å². The summed E-state index contributed by atoms with van der Waals surface area (Å²) in [6.45, 7) is 4.35. The van der Waals surface area contributed by atoms with Crippen LogP contribution in [0.2, 0.25) is 0 Å². The first-order valence-corrected chi connectivity index (χ1v) is 9.76. The van der Waals surface area contributed by atoms with Crippen LogP contribution in [0.15, 0.2) is 0 Å². The Morgan fingerprint density at radius 2 is 1.19 bits per heavy atom. The van der Waals surface area contributed by atoms with E-state index in [1.165, 1.54) is 38.5 Å². The Morgan fingerprint density at radius 3 is 1.52 bits per heavy atom. The van der Waals surface area contributed by atoms with E-state index < -0.39 is 7.82 Å². The molecule has 0 heterocycles. The van der Waals surface area contributed by atoms with E-state index >= 15 is 0 Å². The quantitative estimate of drug-likeness (QED) is 0.278. The fraction of sp³-hybridized carbons (Fsp3) is 1.00. The van der Waals surface area contributed by atoms with Gasteiger partial charge in [-0.25, -0.2) is 4.57 Å². The van der Waals surface area contributed by atoms with Gasteiger partial charge in [0.25, 0.3) is 0 Å². The summed E-state index contributed by atoms with van der Waals surface area (Å²) in [7, 11) is -4.34. The molecule has 124 valence electrons. The molecule has 6 heteroatoms. The van der Waals surface area contributed by atoms with Crippen LogP contribution < -0.4 is 0 Å². The first-order chi connectivity index (χ1) is 9.49. The molecule has 0 atom stereocenters. The third-order valence-electron chi connectivity index (χ3n) is 3.55. The minimum absolute atomic E-state index is 0. The molecule has 0 aliphatic rings. The van der Waals surface area contributed by atoms with Gasteiger partial charge in [0.05, 0.1) is 6.10 Å². The Morgan fingerprint density at radius 1 is 0.810 bits per heavy atom. The first kappa shape index (κ1) is 24.4. The topological polar surface area (TPSA) is 66.8 Å². The second kappa shape index (κ2) is 16.0. The molecule has 0 amide bonds. The van der Waals surface area contributed by atoms with Gasteiger partial charge >= 0.3 is 37.4 Å². The zero-order valence-corrected chi connectivity index (χ0v) is 14.1. The van der Waals surface area contributed by atoms with Gasteiger partial charge in [-0.1, -0.05) is 78.1 Å². The predicted molar refractivity (Wildman–Crippen MR) is 90.8 cm³/mol. The second-order valence-corrected chi connectivity index (χ2v) is 6.82. The van der Waals surface area contributed by atoms with Crippen LogP contribution in [0.25, 0.3) is 0 Å². The maximum absolute atomic E-state index is 11.0. The molecule has 0 unspecified atom stereocenters. The van der Waals surface area contributed by atoms with Gasteiger partial charge in [-0.05, 0) is 12.8 Å². The molecule has 4 nitrogen and oxygen atoms in total. The predicted octanol–water partition coefficient (Wildman–Crippen LogP) is 4.54. The fourth-order valence-electron chi connectivity index (χ4n) is 2.40. The molecular weight excluding hydrogens is 298 g/mol. The van der Waals surface area contributed by atoms with Crippen molar-refractivity contribution in [2.45, 2.75) is 97.0 Å². The Kier molecular flexibility index (Phi) is 18.5. The molecule has 0 aliphatic carbocycles. The molecule has 0 aromatic heterocycles. The van der Waals surface area contributed by atoms with E-state index in [-0.39, 0.29) is 35.7 Å². The van der Waals surface area contributed by atoms with Crippen LogP contribution in [0.5, 0.6) is 0 Å². The molecule has 0 saturated carbocycles. The first-order valence-electron chi connectivity index (χ1n) is 8.23. The molecule has 0 aliphatic heterocycles. The number of phosphoric ester groups is 1. The Balaban J connectivity index is 0. The van der Waals surface area contributed by atoms with Crippen molar-refractivity contribution >= 4 is 37.4 Å². The summed E-state index contributed by atoms with van der Waals surface area (Å²) in [5.41, 5.74) is 0. The third kappa shape index (κ3) is 19.1. The molecule has 0 rings (SSSR count). The van der Waals surface area contributed by atoms with Crippen molar-refractivity contribution in [2.24, 2.45) is 0 Å². The van der Waals surface area contributed by atoms with Crippen LogP contribution in [0, 0.1) is 0 Å². The van der Waals surface area contributed by atoms with Gasteiger partial charge in [-0.15, -0.1) is 0 Å². The maximum atomic E-state index is 11.0. The third-order valence-corrected chi connectivity index (χ3v) is 4.12. The Labute approximate surface area is 153 Å². The monoisotopic (exact) mass is 332 g/mol. The summed E-state index contributed by atoms with van der Waals surface area (Å²) in [4.78, 5) is 17.9. The van der Waals surface area contributed by atoms with Crippen molar-refractivity contribution in [1.29, 1.82) is 0 Å². The van der Waals surface area contributed by atoms with Gasteiger partial charge in [0.15, 0.2) is 0 Å². The van der Waals surface area contributed by atoms with Crippen LogP contribution in [-0.4, -0.2) is 45.4 Å². The summed E-state index contributed by atoms with van der Waals surface area (Å²) in [5, 5.41) is 0. The molecular formula is C15H34NaO4P. The number of phosphoric acid groups is 1. The van der Waals surface area contributed by atoms with Crippen LogP contribution in [0.4, 0.5) is 0 Å². The zero-order valence-electron chi connectivity index (χ0n) is 13.2. The molecule has 0 fully saturated rings. The van der Waals surface area contributed by atoms with E-state index in [0.717, 1.165) is 38.5 Å². The van der Waals surface area contributed by atoms with Gasteiger partial charge in [0.1, 0.15) is 0 Å². The molecule has 0 aromatic rings. The molecule has 2 N–H and O–H groups in total. The Hall–Kier alpha value is 1.11. The summed E-state index contributed by atoms with van der Waals surface area (Å²) in [5.74, 6) is 0. The van der Waals surface area contributed by atoms with Gasteiger partial charge in [0.2, 0.25) is 0 Å². The summed E-state index contributed by atoms with van der Waals surface area (Å²) in [6, 6.07) is 0. The van der Waals surface area contributed by atoms with E-state index in [1.807, 2.05) is 0 Å². The van der Waals surface area contributed by atoms with Gasteiger partial charge in [0, 0.05) is 0 Å². The van der Waals surface area contributed by atoms with Crippen LogP contribution in [0.1, 0.15) is 90.9 Å². The summed E-state index contributed by atoms with van der Waals surface area (Å²) in [6.07, 6.45) is 12.8. The molecule has 0 radical (unpaired) electrons. The second-order valence-electron chi connectivity index (χ2n) is 5.62. The standard InChI is InChI=1S/C15H33O4P.Na.H/c1-3-5-7-9-11-13-15(19-20(16,17)18)14-12-10-8-6-4-2;;/h15H,3-14H2,1-2H3,(H2,16,17,18);;. The van der Waals surface area contributed by atoms with E-state index in [9.17, 15) is 4.57 Å². The van der Waals surface area contributed by atoms with Gasteiger partial charge in [-0.3, -0.25) is 4.52 Å². The van der Waals surface area contributed by atoms with Crippen LogP contribution in [0.3, 0.4) is 0 Å². The summed E-state index contributed by atoms with van der Waals surface area (Å²) >= 11 is 0. The minimum atomic E-state index is -4.34. The van der Waals surface area contributed by atoms with Crippen molar-refractivity contribution in [2.75, 3.05) is 0 Å². The van der Waals surface area contributed by atoms with Crippen LogP contribution in [-0.2, 0) is 9.09 Å². The number of unbranched alkanes of at least 4 members (excludes halogenated alkanes) is 8.